The van der Waals surface area contributed by atoms with Gasteiger partial charge in [-0.3, -0.25) is 14.5 Å². The number of anilines is 1. The number of ether oxygens (including phenoxy) is 1. The van der Waals surface area contributed by atoms with E-state index in [0.717, 1.165) is 46.0 Å². The topological polar surface area (TPSA) is 61.9 Å². The van der Waals surface area contributed by atoms with Crippen LogP contribution in [0.25, 0.3) is 6.08 Å². The fraction of sp³-hybridized carbons (Fsp3) is 0.385. The zero-order chi connectivity index (χ0) is 23.9. The molecule has 1 saturated heterocycles. The van der Waals surface area contributed by atoms with Crippen LogP contribution in [0.2, 0.25) is 0 Å². The van der Waals surface area contributed by atoms with Crippen molar-refractivity contribution in [2.24, 2.45) is 0 Å². The Labute approximate surface area is 213 Å². The van der Waals surface area contributed by atoms with Gasteiger partial charge in [-0.05, 0) is 77.8 Å². The van der Waals surface area contributed by atoms with Crippen molar-refractivity contribution in [2.75, 3.05) is 44.7 Å². The number of benzene rings is 2. The molecular formula is C26H30BrN3O3S. The Balaban J connectivity index is 1.45. The standard InChI is InChI=1S/C26H30BrN3O3S/c1-33-22-11-10-19(16-20(22)27)17-24-26(32)30(21-8-4-5-9-23(21)34-24)18-25(31)28-12-15-29-13-6-2-3-7-14-29/h4-5,8-11,16-17H,2-3,6-7,12-15,18H2,1H3,(H,28,31). The number of rotatable bonds is 7. The number of halogens is 1. The smallest absolute Gasteiger partial charge is 0.265 e. The Morgan fingerprint density at radius 3 is 2.65 bits per heavy atom. The molecule has 0 saturated carbocycles. The highest BCUT2D eigenvalue weighted by atomic mass is 79.9. The summed E-state index contributed by atoms with van der Waals surface area (Å²) < 4.78 is 6.12. The molecule has 2 heterocycles. The number of carbonyl (C=O) groups excluding carboxylic acids is 2. The minimum Gasteiger partial charge on any atom is -0.496 e. The van der Waals surface area contributed by atoms with E-state index in [2.05, 4.69) is 26.1 Å². The predicted octanol–water partition coefficient (Wildman–Crippen LogP) is 4.93. The second-order valence-electron chi connectivity index (χ2n) is 8.47. The molecule has 2 amide bonds. The fourth-order valence-corrected chi connectivity index (χ4v) is 5.87. The average Bonchev–Trinajstić information content (AvgIpc) is 3.11. The van der Waals surface area contributed by atoms with Gasteiger partial charge in [-0.25, -0.2) is 0 Å². The van der Waals surface area contributed by atoms with E-state index in [1.807, 2.05) is 48.5 Å². The summed E-state index contributed by atoms with van der Waals surface area (Å²) in [5.74, 6) is 0.420. The number of amides is 2. The average molecular weight is 545 g/mol. The number of nitrogens with one attached hydrogen (secondary N) is 1. The molecule has 2 aromatic carbocycles. The normalized spacial score (nSPS) is 17.9. The largest absolute Gasteiger partial charge is 0.496 e. The first-order chi connectivity index (χ1) is 16.5. The Hall–Kier alpha value is -2.29. The summed E-state index contributed by atoms with van der Waals surface area (Å²) in [4.78, 5) is 31.7. The molecule has 2 aliphatic heterocycles. The molecule has 0 aromatic heterocycles. The quantitative estimate of drug-likeness (QED) is 0.501. The van der Waals surface area contributed by atoms with Crippen LogP contribution < -0.4 is 15.0 Å². The number of fused-ring (bicyclic) bond motifs is 1. The van der Waals surface area contributed by atoms with Crippen molar-refractivity contribution in [1.29, 1.82) is 0 Å². The van der Waals surface area contributed by atoms with Crippen LogP contribution in [0, 0.1) is 0 Å². The summed E-state index contributed by atoms with van der Waals surface area (Å²) in [5.41, 5.74) is 1.65. The minimum atomic E-state index is -0.168. The number of nitrogens with zero attached hydrogens (tertiary/aromatic N) is 2. The summed E-state index contributed by atoms with van der Waals surface area (Å²) in [6.07, 6.45) is 6.90. The fourth-order valence-electron chi connectivity index (χ4n) is 4.26. The van der Waals surface area contributed by atoms with Crippen LogP contribution in [0.15, 0.2) is 56.7 Å². The highest BCUT2D eigenvalue weighted by molar-refractivity contribution is 9.10. The van der Waals surface area contributed by atoms with Gasteiger partial charge in [0.25, 0.3) is 5.91 Å². The van der Waals surface area contributed by atoms with Crippen molar-refractivity contribution >= 4 is 51.3 Å². The van der Waals surface area contributed by atoms with Crippen LogP contribution in [0.1, 0.15) is 31.2 Å². The van der Waals surface area contributed by atoms with Gasteiger partial charge in [-0.2, -0.15) is 0 Å². The van der Waals surface area contributed by atoms with Gasteiger partial charge in [-0.1, -0.05) is 42.8 Å². The number of likely N-dealkylation sites (tertiary alicyclic amines) is 1. The van der Waals surface area contributed by atoms with Crippen molar-refractivity contribution in [1.82, 2.24) is 10.2 Å². The van der Waals surface area contributed by atoms with Gasteiger partial charge in [0.05, 0.1) is 22.2 Å². The molecular weight excluding hydrogens is 514 g/mol. The van der Waals surface area contributed by atoms with Crippen LogP contribution in [0.5, 0.6) is 5.75 Å². The van der Waals surface area contributed by atoms with Crippen molar-refractivity contribution < 1.29 is 14.3 Å². The molecule has 8 heteroatoms. The maximum Gasteiger partial charge on any atom is 0.265 e. The lowest BCUT2D eigenvalue weighted by Crippen LogP contribution is -2.44. The van der Waals surface area contributed by atoms with Gasteiger partial charge < -0.3 is 15.0 Å². The molecule has 6 nitrogen and oxygen atoms in total. The number of hydrogen-bond acceptors (Lipinski definition) is 5. The number of carbonyl (C=O) groups is 2. The highest BCUT2D eigenvalue weighted by Gasteiger charge is 2.30. The van der Waals surface area contributed by atoms with Crippen LogP contribution in [-0.4, -0.2) is 56.5 Å². The van der Waals surface area contributed by atoms with Crippen LogP contribution in [0.4, 0.5) is 5.69 Å². The van der Waals surface area contributed by atoms with E-state index in [1.165, 1.54) is 37.4 Å². The third kappa shape index (κ3) is 6.23. The molecule has 0 bridgehead atoms. The third-order valence-corrected chi connectivity index (χ3v) is 7.75. The molecule has 0 atom stereocenters. The van der Waals surface area contributed by atoms with Crippen molar-refractivity contribution in [2.45, 2.75) is 30.6 Å². The van der Waals surface area contributed by atoms with Crippen LogP contribution in [-0.2, 0) is 9.59 Å². The lowest BCUT2D eigenvalue weighted by atomic mass is 10.2. The molecule has 4 rings (SSSR count). The van der Waals surface area contributed by atoms with Crippen LogP contribution in [0.3, 0.4) is 0 Å². The van der Waals surface area contributed by atoms with Gasteiger partial charge in [0.2, 0.25) is 5.91 Å². The lowest BCUT2D eigenvalue weighted by molar-refractivity contribution is -0.122. The summed E-state index contributed by atoms with van der Waals surface area (Å²) in [5, 5.41) is 3.01. The first-order valence-electron chi connectivity index (χ1n) is 11.7. The zero-order valence-corrected chi connectivity index (χ0v) is 21.8. The van der Waals surface area contributed by atoms with Gasteiger partial charge in [0, 0.05) is 18.0 Å². The number of methoxy groups -OCH3 is 1. The number of para-hydroxylation sites is 1. The van der Waals surface area contributed by atoms with E-state index < -0.39 is 0 Å². The zero-order valence-electron chi connectivity index (χ0n) is 19.4. The van der Waals surface area contributed by atoms with Crippen molar-refractivity contribution in [3.8, 4) is 5.75 Å². The summed E-state index contributed by atoms with van der Waals surface area (Å²) in [6, 6.07) is 13.4. The van der Waals surface area contributed by atoms with E-state index in [0.29, 0.717) is 11.4 Å². The van der Waals surface area contributed by atoms with Gasteiger partial charge in [0.1, 0.15) is 12.3 Å². The molecule has 1 N–H and O–H groups in total. The van der Waals surface area contributed by atoms with Gasteiger partial charge in [0.15, 0.2) is 0 Å². The van der Waals surface area contributed by atoms with E-state index in [9.17, 15) is 9.59 Å². The van der Waals surface area contributed by atoms with E-state index >= 15 is 0 Å². The third-order valence-electron chi connectivity index (χ3n) is 6.06. The van der Waals surface area contributed by atoms with E-state index in [-0.39, 0.29) is 18.4 Å². The Kier molecular flexibility index (Phi) is 8.69. The highest BCUT2D eigenvalue weighted by Crippen LogP contribution is 2.42. The first-order valence-corrected chi connectivity index (χ1v) is 13.3. The summed E-state index contributed by atoms with van der Waals surface area (Å²) in [6.45, 7) is 3.64. The van der Waals surface area contributed by atoms with Crippen LogP contribution >= 0.6 is 27.7 Å². The van der Waals surface area contributed by atoms with Gasteiger partial charge >= 0.3 is 0 Å². The molecule has 2 aliphatic rings. The maximum atomic E-state index is 13.4. The Morgan fingerprint density at radius 1 is 1.15 bits per heavy atom. The van der Waals surface area contributed by atoms with Gasteiger partial charge in [-0.15, -0.1) is 0 Å². The van der Waals surface area contributed by atoms with Crippen molar-refractivity contribution in [3.05, 3.63) is 57.4 Å². The molecule has 34 heavy (non-hydrogen) atoms. The van der Waals surface area contributed by atoms with E-state index in [1.54, 1.807) is 12.0 Å². The summed E-state index contributed by atoms with van der Waals surface area (Å²) in [7, 11) is 1.62. The lowest BCUT2D eigenvalue weighted by Gasteiger charge is -2.30. The predicted molar refractivity (Wildman–Crippen MR) is 141 cm³/mol. The molecule has 180 valence electrons. The number of thioether (sulfide) groups is 1. The summed E-state index contributed by atoms with van der Waals surface area (Å²) >= 11 is 4.93. The molecule has 0 aliphatic carbocycles. The second kappa shape index (κ2) is 11.9. The molecule has 0 unspecified atom stereocenters. The molecule has 0 radical (unpaired) electrons. The first kappa shape index (κ1) is 24.8. The monoisotopic (exact) mass is 543 g/mol. The van der Waals surface area contributed by atoms with E-state index in [4.69, 9.17) is 4.74 Å². The molecule has 2 aromatic rings. The SMILES string of the molecule is COc1ccc(C=C2Sc3ccccc3N(CC(=O)NCCN3CCCCCC3)C2=O)cc1Br. The molecule has 1 fully saturated rings. The maximum absolute atomic E-state index is 13.4. The second-order valence-corrected chi connectivity index (χ2v) is 10.4. The Morgan fingerprint density at radius 2 is 1.91 bits per heavy atom. The van der Waals surface area contributed by atoms with Crippen molar-refractivity contribution in [3.63, 3.8) is 0 Å². The Bertz CT molecular complexity index is 1070. The number of hydrogen-bond donors (Lipinski definition) is 1. The molecule has 0 spiro atoms. The minimum absolute atomic E-state index is 0.0000532.